The van der Waals surface area contributed by atoms with E-state index in [1.807, 2.05) is 6.92 Å². The molecule has 3 aromatic rings. The lowest BCUT2D eigenvalue weighted by Crippen LogP contribution is -2.38. The molecule has 0 fully saturated rings. The van der Waals surface area contributed by atoms with E-state index in [1.165, 1.54) is 0 Å². The predicted octanol–water partition coefficient (Wildman–Crippen LogP) is 4.44. The summed E-state index contributed by atoms with van der Waals surface area (Å²) < 4.78 is 5.45. The van der Waals surface area contributed by atoms with Gasteiger partial charge in [0.1, 0.15) is 17.0 Å². The van der Waals surface area contributed by atoms with Gasteiger partial charge in [-0.1, -0.05) is 36.7 Å². The number of benzene rings is 1. The molecule has 9 nitrogen and oxygen atoms in total. The van der Waals surface area contributed by atoms with Gasteiger partial charge in [-0.2, -0.15) is 5.06 Å². The molecular weight excluding hydrogens is 470 g/mol. The molecule has 3 N–H and O–H groups in total. The van der Waals surface area contributed by atoms with Crippen LogP contribution in [0.25, 0.3) is 16.7 Å². The second-order valence-corrected chi connectivity index (χ2v) is 8.44. The lowest BCUT2D eigenvalue weighted by atomic mass is 9.82. The fraction of sp³-hybridized carbons (Fsp3) is 0.280. The fourth-order valence-electron chi connectivity index (χ4n) is 4.25. The van der Waals surface area contributed by atoms with E-state index in [-0.39, 0.29) is 24.3 Å². The number of nitrogens with one attached hydrogen (secondary N) is 2. The highest BCUT2D eigenvalue weighted by Gasteiger charge is 2.41. The SMILES string of the molecule is CCOC(=O)C1=C(c2nccc3[nH]c(C)nc23)NC(C)=C(N(O)C(=O)CC)C1c1ccccc1Cl. The van der Waals surface area contributed by atoms with Crippen LogP contribution in [0, 0.1) is 6.92 Å². The van der Waals surface area contributed by atoms with Crippen molar-refractivity contribution in [3.05, 3.63) is 75.6 Å². The second kappa shape index (κ2) is 9.89. The van der Waals surface area contributed by atoms with E-state index in [4.69, 9.17) is 16.3 Å². The molecule has 35 heavy (non-hydrogen) atoms. The van der Waals surface area contributed by atoms with Gasteiger partial charge in [0.25, 0.3) is 0 Å². The number of carbonyl (C=O) groups excluding carboxylic acids is 2. The molecule has 2 aromatic heterocycles. The number of pyridine rings is 1. The molecule has 1 amide bonds. The average molecular weight is 496 g/mol. The Labute approximate surface area is 207 Å². The molecule has 0 saturated carbocycles. The van der Waals surface area contributed by atoms with Crippen molar-refractivity contribution in [2.75, 3.05) is 6.61 Å². The van der Waals surface area contributed by atoms with Gasteiger partial charge in [0, 0.05) is 23.3 Å². The highest BCUT2D eigenvalue weighted by Crippen LogP contribution is 2.44. The maximum absolute atomic E-state index is 13.5. The Morgan fingerprint density at radius 2 is 1.94 bits per heavy atom. The van der Waals surface area contributed by atoms with Crippen molar-refractivity contribution < 1.29 is 19.5 Å². The summed E-state index contributed by atoms with van der Waals surface area (Å²) in [6.45, 7) is 7.01. The second-order valence-electron chi connectivity index (χ2n) is 8.04. The molecule has 0 aliphatic carbocycles. The Morgan fingerprint density at radius 1 is 1.20 bits per heavy atom. The van der Waals surface area contributed by atoms with Crippen LogP contribution in [-0.2, 0) is 14.3 Å². The van der Waals surface area contributed by atoms with E-state index >= 15 is 0 Å². The lowest BCUT2D eigenvalue weighted by molar-refractivity contribution is -0.158. The molecule has 4 rings (SSSR count). The number of imidazole rings is 1. The monoisotopic (exact) mass is 495 g/mol. The number of halogens is 1. The van der Waals surface area contributed by atoms with Gasteiger partial charge in [-0.25, -0.2) is 9.78 Å². The molecule has 1 aliphatic rings. The number of hydrogen-bond donors (Lipinski definition) is 3. The smallest absolute Gasteiger partial charge is 0.337 e. The number of nitrogens with zero attached hydrogens (tertiary/aromatic N) is 3. The Hall–Kier alpha value is -3.69. The van der Waals surface area contributed by atoms with Crippen LogP contribution in [0.3, 0.4) is 0 Å². The molecule has 0 bridgehead atoms. The molecular formula is C25H26ClN5O4. The molecule has 182 valence electrons. The molecule has 0 spiro atoms. The summed E-state index contributed by atoms with van der Waals surface area (Å²) in [4.78, 5) is 38.4. The van der Waals surface area contributed by atoms with Crippen LogP contribution in [0.4, 0.5) is 0 Å². The van der Waals surface area contributed by atoms with E-state index in [9.17, 15) is 14.8 Å². The highest BCUT2D eigenvalue weighted by atomic mass is 35.5. The molecule has 1 aliphatic heterocycles. The van der Waals surface area contributed by atoms with E-state index < -0.39 is 17.8 Å². The number of aromatic amines is 1. The van der Waals surface area contributed by atoms with Gasteiger partial charge in [0.2, 0.25) is 5.91 Å². The van der Waals surface area contributed by atoms with Crippen molar-refractivity contribution in [2.24, 2.45) is 0 Å². The first-order valence-electron chi connectivity index (χ1n) is 11.2. The molecule has 1 unspecified atom stereocenters. The van der Waals surface area contributed by atoms with Crippen molar-refractivity contribution >= 4 is 40.2 Å². The van der Waals surface area contributed by atoms with E-state index in [1.54, 1.807) is 57.3 Å². The molecule has 0 saturated heterocycles. The van der Waals surface area contributed by atoms with Gasteiger partial charge in [-0.05, 0) is 38.5 Å². The number of hydroxylamine groups is 2. The summed E-state index contributed by atoms with van der Waals surface area (Å²) in [5.74, 6) is -1.40. The first kappa shape index (κ1) is 24.4. The van der Waals surface area contributed by atoms with Crippen LogP contribution < -0.4 is 5.32 Å². The number of fused-ring (bicyclic) bond motifs is 1. The summed E-state index contributed by atoms with van der Waals surface area (Å²) in [6, 6.07) is 8.77. The predicted molar refractivity (Wildman–Crippen MR) is 131 cm³/mol. The van der Waals surface area contributed by atoms with Crippen LogP contribution in [0.15, 0.2) is 53.5 Å². The number of carbonyl (C=O) groups is 2. The normalized spacial score (nSPS) is 15.9. The number of amides is 1. The number of allylic oxidation sites excluding steroid dienone is 2. The third kappa shape index (κ3) is 4.40. The maximum atomic E-state index is 13.5. The first-order chi connectivity index (χ1) is 16.8. The zero-order valence-corrected chi connectivity index (χ0v) is 20.6. The van der Waals surface area contributed by atoms with Gasteiger partial charge >= 0.3 is 5.97 Å². The van der Waals surface area contributed by atoms with Crippen molar-refractivity contribution in [2.45, 2.75) is 40.0 Å². The number of esters is 1. The molecule has 1 aromatic carbocycles. The first-order valence-corrected chi connectivity index (χ1v) is 11.6. The summed E-state index contributed by atoms with van der Waals surface area (Å²) in [5.41, 5.74) is 3.42. The fourth-order valence-corrected chi connectivity index (χ4v) is 4.50. The van der Waals surface area contributed by atoms with Gasteiger partial charge in [-0.15, -0.1) is 0 Å². The van der Waals surface area contributed by atoms with E-state index in [2.05, 4.69) is 20.3 Å². The van der Waals surface area contributed by atoms with Crippen LogP contribution in [0.2, 0.25) is 5.02 Å². The topological polar surface area (TPSA) is 120 Å². The van der Waals surface area contributed by atoms with E-state index in [0.717, 1.165) is 5.52 Å². The van der Waals surface area contributed by atoms with Crippen molar-refractivity contribution in [1.29, 1.82) is 0 Å². The number of aromatic nitrogens is 3. The lowest BCUT2D eigenvalue weighted by Gasteiger charge is -2.35. The number of rotatable bonds is 6. The highest BCUT2D eigenvalue weighted by molar-refractivity contribution is 6.31. The molecule has 0 radical (unpaired) electrons. The van der Waals surface area contributed by atoms with Crippen molar-refractivity contribution in [3.8, 4) is 0 Å². The minimum atomic E-state index is -0.920. The third-order valence-electron chi connectivity index (χ3n) is 5.76. The largest absolute Gasteiger partial charge is 0.463 e. The van der Waals surface area contributed by atoms with E-state index in [0.29, 0.717) is 44.1 Å². The Morgan fingerprint density at radius 3 is 2.63 bits per heavy atom. The van der Waals surface area contributed by atoms with Crippen molar-refractivity contribution in [1.82, 2.24) is 25.3 Å². The zero-order chi connectivity index (χ0) is 25.3. The summed E-state index contributed by atoms with van der Waals surface area (Å²) >= 11 is 6.59. The minimum absolute atomic E-state index is 0.0568. The van der Waals surface area contributed by atoms with Gasteiger partial charge < -0.3 is 15.0 Å². The van der Waals surface area contributed by atoms with Crippen LogP contribution in [0.5, 0.6) is 0 Å². The number of ether oxygens (including phenoxy) is 1. The molecule has 3 heterocycles. The summed E-state index contributed by atoms with van der Waals surface area (Å²) in [5, 5.41) is 15.1. The standard InChI is InChI=1S/C25H26ClN5O4/c1-5-18(32)31(34)24-13(3)28-22(23-21-17(11-12-27-23)29-14(4)30-21)20(25(33)35-6-2)19(24)15-9-7-8-10-16(15)26/h7-12,19,28,34H,5-6H2,1-4H3,(H,29,30). The Bertz CT molecular complexity index is 1380. The van der Waals surface area contributed by atoms with Crippen LogP contribution in [-0.4, -0.2) is 43.7 Å². The number of hydrogen-bond acceptors (Lipinski definition) is 7. The average Bonchev–Trinajstić information content (AvgIpc) is 3.23. The minimum Gasteiger partial charge on any atom is -0.463 e. The molecule has 10 heteroatoms. The van der Waals surface area contributed by atoms with Crippen molar-refractivity contribution in [3.63, 3.8) is 0 Å². The number of aryl methyl sites for hydroxylation is 1. The van der Waals surface area contributed by atoms with Gasteiger partial charge in [-0.3, -0.25) is 15.0 Å². The summed E-state index contributed by atoms with van der Waals surface area (Å²) in [6.07, 6.45) is 1.67. The van der Waals surface area contributed by atoms with Crippen LogP contribution in [0.1, 0.15) is 50.2 Å². The zero-order valence-electron chi connectivity index (χ0n) is 19.8. The molecule has 1 atom stereocenters. The Balaban J connectivity index is 2.07. The number of dihydropyridines is 1. The Kier molecular flexibility index (Phi) is 6.90. The summed E-state index contributed by atoms with van der Waals surface area (Å²) in [7, 11) is 0. The number of H-pyrrole nitrogens is 1. The maximum Gasteiger partial charge on any atom is 0.337 e. The van der Waals surface area contributed by atoms with Gasteiger partial charge in [0.15, 0.2) is 0 Å². The third-order valence-corrected chi connectivity index (χ3v) is 6.11. The van der Waals surface area contributed by atoms with Crippen LogP contribution >= 0.6 is 11.6 Å². The quantitative estimate of drug-likeness (QED) is 0.262. The van der Waals surface area contributed by atoms with Gasteiger partial charge in [0.05, 0.1) is 35.0 Å².